The topological polar surface area (TPSA) is 104 Å². The van der Waals surface area contributed by atoms with Crippen molar-refractivity contribution in [2.24, 2.45) is 11.1 Å². The van der Waals surface area contributed by atoms with E-state index in [0.717, 1.165) is 40.6 Å². The molecule has 8 heteroatoms. The van der Waals surface area contributed by atoms with Crippen molar-refractivity contribution in [2.75, 3.05) is 18.6 Å². The molecule has 2 N–H and O–H groups in total. The molecule has 0 saturated heterocycles. The largest absolute Gasteiger partial charge is 0.461 e. The van der Waals surface area contributed by atoms with Crippen LogP contribution in [0.25, 0.3) is 10.9 Å². The van der Waals surface area contributed by atoms with Crippen LogP contribution in [-0.4, -0.2) is 47.5 Å². The Kier molecular flexibility index (Phi) is 12.9. The van der Waals surface area contributed by atoms with Crippen molar-refractivity contribution in [2.45, 2.75) is 91.7 Å². The number of benzene rings is 2. The number of esters is 2. The molecule has 0 aliphatic rings. The first kappa shape index (κ1) is 32.7. The maximum absolute atomic E-state index is 13.4. The number of likely N-dealkylation sites (N-methyl/N-ethyl adjacent to an activating group) is 1. The summed E-state index contributed by atoms with van der Waals surface area (Å²) in [5.74, 6) is -0.994. The van der Waals surface area contributed by atoms with E-state index in [1.54, 1.807) is 6.92 Å². The molecular weight excluding hydrogens is 530 g/mol. The predicted octanol–water partition coefficient (Wildman–Crippen LogP) is 7.21. The van der Waals surface area contributed by atoms with E-state index in [1.165, 1.54) is 37.7 Å². The first-order chi connectivity index (χ1) is 20.3. The molecule has 42 heavy (non-hydrogen) atoms. The first-order valence-corrected chi connectivity index (χ1v) is 15.3. The Morgan fingerprint density at radius 1 is 0.952 bits per heavy atom. The van der Waals surface area contributed by atoms with Crippen LogP contribution in [0.2, 0.25) is 0 Å². The van der Waals surface area contributed by atoms with Crippen molar-refractivity contribution in [3.05, 3.63) is 65.4 Å². The standard InChI is InChI=1S/C34H47N3O5/c1-6-8-9-10-11-15-18-26-19-20-29(30-27(22-35-31(26)30)21-28(36-40)33(38)41-7-2)37(5)32(24(3)4)34(39)42-23-25-16-13-12-14-17-25/h12-14,16-17,19-20,22,24,32,35,40H,6-11,15,18,21,23H2,1-5H3/b36-28+/t32-/m0/s1. The summed E-state index contributed by atoms with van der Waals surface area (Å²) in [5, 5.41) is 13.8. The molecule has 0 aliphatic heterocycles. The quantitative estimate of drug-likeness (QED) is 0.0578. The molecule has 1 atom stereocenters. The van der Waals surface area contributed by atoms with Crippen LogP contribution in [0, 0.1) is 5.92 Å². The zero-order chi connectivity index (χ0) is 30.5. The number of anilines is 1. The highest BCUT2D eigenvalue weighted by Crippen LogP contribution is 2.35. The van der Waals surface area contributed by atoms with Crippen LogP contribution in [0.15, 0.2) is 53.8 Å². The van der Waals surface area contributed by atoms with Crippen molar-refractivity contribution < 1.29 is 24.3 Å². The summed E-state index contributed by atoms with van der Waals surface area (Å²) >= 11 is 0. The van der Waals surface area contributed by atoms with Crippen LogP contribution in [0.5, 0.6) is 0 Å². The fraction of sp³-hybridized carbons (Fsp3) is 0.500. The van der Waals surface area contributed by atoms with E-state index in [1.807, 2.05) is 68.4 Å². The minimum Gasteiger partial charge on any atom is -0.461 e. The lowest BCUT2D eigenvalue weighted by molar-refractivity contribution is -0.147. The minimum absolute atomic E-state index is 0.0346. The second-order valence-electron chi connectivity index (χ2n) is 11.2. The number of nitrogens with one attached hydrogen (secondary N) is 1. The molecule has 1 aromatic heterocycles. The summed E-state index contributed by atoms with van der Waals surface area (Å²) < 4.78 is 10.9. The average molecular weight is 578 g/mol. The van der Waals surface area contributed by atoms with Gasteiger partial charge in [0.15, 0.2) is 5.71 Å². The number of nitrogens with zero attached hydrogens (tertiary/aromatic N) is 2. The van der Waals surface area contributed by atoms with Gasteiger partial charge in [-0.3, -0.25) is 0 Å². The predicted molar refractivity (Wildman–Crippen MR) is 168 cm³/mol. The summed E-state index contributed by atoms with van der Waals surface area (Å²) in [5.41, 5.74) is 4.62. The van der Waals surface area contributed by atoms with Gasteiger partial charge in [0.2, 0.25) is 0 Å². The third-order valence-electron chi connectivity index (χ3n) is 7.66. The molecule has 2 aromatic carbocycles. The number of aryl methyl sites for hydroxylation is 1. The molecule has 0 aliphatic carbocycles. The van der Waals surface area contributed by atoms with Gasteiger partial charge in [0.25, 0.3) is 0 Å². The van der Waals surface area contributed by atoms with Crippen LogP contribution < -0.4 is 4.90 Å². The van der Waals surface area contributed by atoms with E-state index in [4.69, 9.17) is 9.47 Å². The lowest BCUT2D eigenvalue weighted by Crippen LogP contribution is -2.43. The maximum atomic E-state index is 13.4. The van der Waals surface area contributed by atoms with Gasteiger partial charge in [-0.2, -0.15) is 0 Å². The Morgan fingerprint density at radius 3 is 2.33 bits per heavy atom. The Morgan fingerprint density at radius 2 is 1.67 bits per heavy atom. The van der Waals surface area contributed by atoms with Gasteiger partial charge in [-0.25, -0.2) is 9.59 Å². The van der Waals surface area contributed by atoms with Crippen molar-refractivity contribution in [1.82, 2.24) is 4.98 Å². The third kappa shape index (κ3) is 8.60. The molecule has 0 amide bonds. The van der Waals surface area contributed by atoms with Crippen LogP contribution >= 0.6 is 0 Å². The van der Waals surface area contributed by atoms with E-state index >= 15 is 0 Å². The molecule has 8 nitrogen and oxygen atoms in total. The summed E-state index contributed by atoms with van der Waals surface area (Å²) in [4.78, 5) is 31.3. The monoisotopic (exact) mass is 577 g/mol. The molecule has 228 valence electrons. The number of carbonyl (C=O) groups excluding carboxylic acids is 2. The third-order valence-corrected chi connectivity index (χ3v) is 7.66. The number of oxime groups is 1. The van der Waals surface area contributed by atoms with Gasteiger partial charge in [-0.15, -0.1) is 0 Å². The van der Waals surface area contributed by atoms with Crippen LogP contribution in [0.4, 0.5) is 5.69 Å². The Hall–Kier alpha value is -3.81. The SMILES string of the molecule is CCCCCCCCc1ccc(N(C)[C@H](C(=O)OCc2ccccc2)C(C)C)c2c(C/C(=N\O)C(=O)OCC)c[nH]c12. The van der Waals surface area contributed by atoms with Crippen molar-refractivity contribution in [3.8, 4) is 0 Å². The van der Waals surface area contributed by atoms with Crippen molar-refractivity contribution in [1.29, 1.82) is 0 Å². The average Bonchev–Trinajstić information content (AvgIpc) is 3.41. The number of carbonyl (C=O) groups is 2. The van der Waals surface area contributed by atoms with Crippen molar-refractivity contribution in [3.63, 3.8) is 0 Å². The Labute approximate surface area is 250 Å². The molecular formula is C34H47N3O5. The van der Waals surface area contributed by atoms with Crippen molar-refractivity contribution >= 4 is 34.2 Å². The lowest BCUT2D eigenvalue weighted by Gasteiger charge is -2.32. The molecule has 0 fully saturated rings. The lowest BCUT2D eigenvalue weighted by atomic mass is 9.96. The van der Waals surface area contributed by atoms with Gasteiger partial charge in [-0.05, 0) is 48.4 Å². The second kappa shape index (κ2) is 16.6. The Bertz CT molecular complexity index is 1320. The number of ether oxygens (including phenoxy) is 2. The van der Waals surface area contributed by atoms with E-state index in [-0.39, 0.29) is 37.2 Å². The van der Waals surface area contributed by atoms with E-state index < -0.39 is 12.0 Å². The zero-order valence-corrected chi connectivity index (χ0v) is 25.8. The van der Waals surface area contributed by atoms with E-state index in [2.05, 4.69) is 23.1 Å². The maximum Gasteiger partial charge on any atom is 0.356 e. The number of unbranched alkanes of at least 4 members (excludes halogenated alkanes) is 5. The zero-order valence-electron chi connectivity index (χ0n) is 25.8. The minimum atomic E-state index is -0.656. The Balaban J connectivity index is 1.95. The molecule has 0 radical (unpaired) electrons. The summed E-state index contributed by atoms with van der Waals surface area (Å²) in [6.07, 6.45) is 10.1. The van der Waals surface area contributed by atoms with Gasteiger partial charge >= 0.3 is 11.9 Å². The van der Waals surface area contributed by atoms with Gasteiger partial charge in [-0.1, -0.05) is 94.4 Å². The smallest absolute Gasteiger partial charge is 0.356 e. The molecule has 0 saturated carbocycles. The molecule has 0 spiro atoms. The highest BCUT2D eigenvalue weighted by Gasteiger charge is 2.31. The number of fused-ring (bicyclic) bond motifs is 1. The number of aromatic nitrogens is 1. The van der Waals surface area contributed by atoms with E-state index in [9.17, 15) is 14.8 Å². The molecule has 3 aromatic rings. The van der Waals surface area contributed by atoms with Gasteiger partial charge in [0.1, 0.15) is 12.6 Å². The highest BCUT2D eigenvalue weighted by molar-refractivity contribution is 6.37. The molecule has 0 bridgehead atoms. The van der Waals surface area contributed by atoms with E-state index in [0.29, 0.717) is 0 Å². The normalized spacial score (nSPS) is 12.5. The fourth-order valence-corrected chi connectivity index (χ4v) is 5.48. The molecule has 0 unspecified atom stereocenters. The summed E-state index contributed by atoms with van der Waals surface area (Å²) in [6, 6.07) is 13.3. The summed E-state index contributed by atoms with van der Waals surface area (Å²) in [7, 11) is 1.90. The van der Waals surface area contributed by atoms with Crippen LogP contribution in [-0.2, 0) is 38.5 Å². The van der Waals surface area contributed by atoms with Gasteiger partial charge in [0, 0.05) is 30.7 Å². The second-order valence-corrected chi connectivity index (χ2v) is 11.2. The molecule has 3 rings (SSSR count). The number of hydrogen-bond donors (Lipinski definition) is 2. The number of hydrogen-bond acceptors (Lipinski definition) is 7. The highest BCUT2D eigenvalue weighted by atomic mass is 16.5. The summed E-state index contributed by atoms with van der Waals surface area (Å²) in [6.45, 7) is 8.33. The number of aromatic amines is 1. The van der Waals surface area contributed by atoms with Gasteiger partial charge < -0.3 is 24.6 Å². The number of rotatable bonds is 17. The van der Waals surface area contributed by atoms with Crippen LogP contribution in [0.1, 0.15) is 82.9 Å². The first-order valence-electron chi connectivity index (χ1n) is 15.3. The van der Waals surface area contributed by atoms with Gasteiger partial charge in [0.05, 0.1) is 12.1 Å². The number of H-pyrrole nitrogens is 1. The molecule has 1 heterocycles. The fourth-order valence-electron chi connectivity index (χ4n) is 5.48. The van der Waals surface area contributed by atoms with Crippen LogP contribution in [0.3, 0.4) is 0 Å².